The Morgan fingerprint density at radius 3 is 2.59 bits per heavy atom. The van der Waals surface area contributed by atoms with Crippen LogP contribution in [0.25, 0.3) is 11.6 Å². The molecule has 0 aliphatic heterocycles. The smallest absolute Gasteiger partial charge is 0.233 e. The van der Waals surface area contributed by atoms with Crippen LogP contribution in [0.2, 0.25) is 0 Å². The molecule has 4 rings (SSSR count). The van der Waals surface area contributed by atoms with E-state index in [1.165, 1.54) is 23.9 Å². The average Bonchev–Trinajstić information content (AvgIpc) is 3.47. The largest absolute Gasteiger partial charge is 0.461 e. The third kappa shape index (κ3) is 5.26. The minimum atomic E-state index is -0.306. The summed E-state index contributed by atoms with van der Waals surface area (Å²) in [6, 6.07) is 20.0. The fourth-order valence-electron chi connectivity index (χ4n) is 3.34. The lowest BCUT2D eigenvalue weighted by Gasteiger charge is -2.21. The molecule has 0 fully saturated rings. The van der Waals surface area contributed by atoms with E-state index >= 15 is 0 Å². The van der Waals surface area contributed by atoms with Crippen molar-refractivity contribution in [2.75, 3.05) is 12.3 Å². The summed E-state index contributed by atoms with van der Waals surface area (Å²) in [6.45, 7) is 3.36. The molecule has 164 valence electrons. The second-order valence-corrected chi connectivity index (χ2v) is 8.12. The summed E-state index contributed by atoms with van der Waals surface area (Å²) >= 11 is 1.33. The van der Waals surface area contributed by atoms with E-state index in [0.717, 1.165) is 11.1 Å². The first-order valence-electron chi connectivity index (χ1n) is 10.3. The van der Waals surface area contributed by atoms with E-state index in [2.05, 4.69) is 10.2 Å². The molecule has 1 amide bonds. The summed E-state index contributed by atoms with van der Waals surface area (Å²) in [6.07, 6.45) is 1.60. The van der Waals surface area contributed by atoms with Gasteiger partial charge in [-0.25, -0.2) is 4.39 Å². The Labute approximate surface area is 190 Å². The summed E-state index contributed by atoms with van der Waals surface area (Å²) < 4.78 is 21.0. The maximum Gasteiger partial charge on any atom is 0.233 e. The van der Waals surface area contributed by atoms with Crippen LogP contribution in [-0.2, 0) is 17.9 Å². The van der Waals surface area contributed by atoms with Gasteiger partial charge in [0.05, 0.1) is 18.6 Å². The first kappa shape index (κ1) is 21.8. The molecule has 0 radical (unpaired) electrons. The van der Waals surface area contributed by atoms with Crippen molar-refractivity contribution in [3.63, 3.8) is 0 Å². The van der Waals surface area contributed by atoms with E-state index in [9.17, 15) is 9.18 Å². The second-order valence-electron chi connectivity index (χ2n) is 7.18. The Bertz CT molecular complexity index is 1160. The Hall–Kier alpha value is -3.39. The van der Waals surface area contributed by atoms with Gasteiger partial charge in [0.2, 0.25) is 11.7 Å². The van der Waals surface area contributed by atoms with Gasteiger partial charge < -0.3 is 9.32 Å². The summed E-state index contributed by atoms with van der Waals surface area (Å²) in [5.41, 5.74) is 1.85. The lowest BCUT2D eigenvalue weighted by atomic mass is 10.2. The van der Waals surface area contributed by atoms with Gasteiger partial charge in [0.15, 0.2) is 10.9 Å². The molecule has 2 aromatic carbocycles. The zero-order valence-corrected chi connectivity index (χ0v) is 18.5. The van der Waals surface area contributed by atoms with Crippen LogP contribution in [-0.4, -0.2) is 37.9 Å². The van der Waals surface area contributed by atoms with E-state index in [0.29, 0.717) is 36.4 Å². The molecule has 8 heteroatoms. The van der Waals surface area contributed by atoms with Crippen LogP contribution in [0.5, 0.6) is 0 Å². The third-order valence-corrected chi connectivity index (χ3v) is 5.92. The first-order chi connectivity index (χ1) is 15.6. The molecule has 2 heterocycles. The van der Waals surface area contributed by atoms with Crippen LogP contribution in [0.1, 0.15) is 18.1 Å². The van der Waals surface area contributed by atoms with E-state index in [1.54, 1.807) is 23.3 Å². The maximum atomic E-state index is 13.5. The lowest BCUT2D eigenvalue weighted by Crippen LogP contribution is -2.31. The highest BCUT2D eigenvalue weighted by atomic mass is 32.2. The molecule has 0 bridgehead atoms. The van der Waals surface area contributed by atoms with Gasteiger partial charge in [0.1, 0.15) is 5.82 Å². The Balaban J connectivity index is 1.50. The number of thioether (sulfide) groups is 1. The quantitative estimate of drug-likeness (QED) is 0.341. The predicted octanol–water partition coefficient (Wildman–Crippen LogP) is 4.87. The highest BCUT2D eigenvalue weighted by Crippen LogP contribution is 2.26. The van der Waals surface area contributed by atoms with Gasteiger partial charge >= 0.3 is 0 Å². The number of rotatable bonds is 9. The number of aromatic nitrogens is 3. The van der Waals surface area contributed by atoms with Crippen LogP contribution in [0.15, 0.2) is 82.6 Å². The van der Waals surface area contributed by atoms with Gasteiger partial charge in [-0.15, -0.1) is 10.2 Å². The van der Waals surface area contributed by atoms with E-state index < -0.39 is 0 Å². The predicted molar refractivity (Wildman–Crippen MR) is 121 cm³/mol. The van der Waals surface area contributed by atoms with Crippen molar-refractivity contribution in [1.82, 2.24) is 19.7 Å². The van der Waals surface area contributed by atoms with Crippen molar-refractivity contribution in [3.8, 4) is 11.6 Å². The Morgan fingerprint density at radius 1 is 1.06 bits per heavy atom. The maximum absolute atomic E-state index is 13.5. The number of carbonyl (C=O) groups excluding carboxylic acids is 1. The standard InChI is InChI=1S/C24H23FN4O2S/c1-2-28(15-19-10-6-11-20(25)14-19)22(30)17-32-24-27-26-23(21-12-7-13-31-21)29(24)16-18-8-4-3-5-9-18/h3-14H,2,15-17H2,1H3. The van der Waals surface area contributed by atoms with Crippen LogP contribution >= 0.6 is 11.8 Å². The van der Waals surface area contributed by atoms with Crippen LogP contribution in [0, 0.1) is 5.82 Å². The molecule has 32 heavy (non-hydrogen) atoms. The fourth-order valence-corrected chi connectivity index (χ4v) is 4.18. The molecule has 0 N–H and O–H groups in total. The molecule has 0 spiro atoms. The minimum absolute atomic E-state index is 0.0458. The number of carbonyl (C=O) groups is 1. The van der Waals surface area contributed by atoms with Gasteiger partial charge in [-0.3, -0.25) is 9.36 Å². The van der Waals surface area contributed by atoms with Gasteiger partial charge in [-0.05, 0) is 42.3 Å². The van der Waals surface area contributed by atoms with E-state index in [-0.39, 0.29) is 17.5 Å². The van der Waals surface area contributed by atoms with Crippen molar-refractivity contribution >= 4 is 17.7 Å². The van der Waals surface area contributed by atoms with Gasteiger partial charge in [0, 0.05) is 13.1 Å². The molecule has 0 saturated heterocycles. The zero-order chi connectivity index (χ0) is 22.3. The number of hydrogen-bond acceptors (Lipinski definition) is 5. The van der Waals surface area contributed by atoms with Gasteiger partial charge in [-0.2, -0.15) is 0 Å². The molecule has 0 aliphatic carbocycles. The van der Waals surface area contributed by atoms with Crippen molar-refractivity contribution in [3.05, 3.63) is 89.9 Å². The monoisotopic (exact) mass is 450 g/mol. The zero-order valence-electron chi connectivity index (χ0n) is 17.6. The number of hydrogen-bond donors (Lipinski definition) is 0. The van der Waals surface area contributed by atoms with Crippen molar-refractivity contribution in [2.45, 2.75) is 25.2 Å². The molecule has 4 aromatic rings. The highest BCUT2D eigenvalue weighted by Gasteiger charge is 2.19. The number of benzene rings is 2. The average molecular weight is 451 g/mol. The van der Waals surface area contributed by atoms with Gasteiger partial charge in [0.25, 0.3) is 0 Å². The van der Waals surface area contributed by atoms with Crippen molar-refractivity contribution < 1.29 is 13.6 Å². The topological polar surface area (TPSA) is 64.2 Å². The number of nitrogens with zero attached hydrogens (tertiary/aromatic N) is 4. The van der Waals surface area contributed by atoms with Crippen LogP contribution in [0.4, 0.5) is 4.39 Å². The molecule has 0 atom stereocenters. The van der Waals surface area contributed by atoms with Crippen molar-refractivity contribution in [2.24, 2.45) is 0 Å². The molecule has 6 nitrogen and oxygen atoms in total. The highest BCUT2D eigenvalue weighted by molar-refractivity contribution is 7.99. The number of halogens is 1. The van der Waals surface area contributed by atoms with Crippen LogP contribution < -0.4 is 0 Å². The summed E-state index contributed by atoms with van der Waals surface area (Å²) in [4.78, 5) is 14.6. The molecular weight excluding hydrogens is 427 g/mol. The Morgan fingerprint density at radius 2 is 1.88 bits per heavy atom. The normalized spacial score (nSPS) is 10.9. The SMILES string of the molecule is CCN(Cc1cccc(F)c1)C(=O)CSc1nnc(-c2ccco2)n1Cc1ccccc1. The third-order valence-electron chi connectivity index (χ3n) is 4.96. The van der Waals surface area contributed by atoms with E-state index in [1.807, 2.05) is 54.0 Å². The van der Waals surface area contributed by atoms with Crippen LogP contribution in [0.3, 0.4) is 0 Å². The fraction of sp³-hybridized carbons (Fsp3) is 0.208. The molecule has 0 saturated carbocycles. The number of furan rings is 1. The van der Waals surface area contributed by atoms with Crippen molar-refractivity contribution in [1.29, 1.82) is 0 Å². The molecule has 2 aromatic heterocycles. The lowest BCUT2D eigenvalue weighted by molar-refractivity contribution is -0.128. The summed E-state index contributed by atoms with van der Waals surface area (Å²) in [5, 5.41) is 9.26. The second kappa shape index (κ2) is 10.3. The van der Waals surface area contributed by atoms with Gasteiger partial charge in [-0.1, -0.05) is 54.2 Å². The van der Waals surface area contributed by atoms with E-state index in [4.69, 9.17) is 4.42 Å². The minimum Gasteiger partial charge on any atom is -0.461 e. The summed E-state index contributed by atoms with van der Waals surface area (Å²) in [5.74, 6) is 1.08. The molecule has 0 aliphatic rings. The number of amides is 1. The first-order valence-corrected chi connectivity index (χ1v) is 11.3. The molecule has 0 unspecified atom stereocenters. The summed E-state index contributed by atoms with van der Waals surface area (Å²) in [7, 11) is 0. The Kier molecular flexibility index (Phi) is 7.01. The molecular formula is C24H23FN4O2S.